The largest absolute Gasteiger partial charge is 0.353 e. The molecule has 1 rings (SSSR count). The van der Waals surface area contributed by atoms with E-state index in [1.54, 1.807) is 0 Å². The van der Waals surface area contributed by atoms with Gasteiger partial charge >= 0.3 is 15.4 Å². The summed E-state index contributed by atoms with van der Waals surface area (Å²) >= 11 is 0.778. The van der Waals surface area contributed by atoms with Gasteiger partial charge in [0.1, 0.15) is 0 Å². The van der Waals surface area contributed by atoms with E-state index in [0.29, 0.717) is 0 Å². The van der Waals surface area contributed by atoms with Crippen molar-refractivity contribution < 1.29 is 0 Å². The third kappa shape index (κ3) is 3.96. The smallest absolute Gasteiger partial charge is 0.273 e. The highest BCUT2D eigenvalue weighted by atomic mass is 35.6. The molecule has 0 heterocycles. The lowest BCUT2D eigenvalue weighted by molar-refractivity contribution is 1.14. The van der Waals surface area contributed by atoms with Crippen molar-refractivity contribution in [2.45, 2.75) is 13.3 Å². The van der Waals surface area contributed by atoms with Gasteiger partial charge in [-0.2, -0.15) is 0 Å². The maximum absolute atomic E-state index is 4.78. The van der Waals surface area contributed by atoms with E-state index in [9.17, 15) is 0 Å². The number of aryl methyl sites for hydroxylation is 1. The van der Waals surface area contributed by atoms with Crippen LogP contribution in [-0.4, -0.2) is 15.4 Å². The van der Waals surface area contributed by atoms with Crippen molar-refractivity contribution in [2.75, 3.05) is 0 Å². The number of halogens is 1. The Labute approximate surface area is 74.8 Å². The maximum atomic E-state index is 4.78. The van der Waals surface area contributed by atoms with Gasteiger partial charge in [-0.25, -0.2) is 0 Å². The molecule has 54 valence electrons. The van der Waals surface area contributed by atoms with Gasteiger partial charge in [0, 0.05) is 0 Å². The van der Waals surface area contributed by atoms with Crippen molar-refractivity contribution in [3.8, 4) is 0 Å². The Morgan fingerprint density at radius 1 is 1.20 bits per heavy atom. The van der Waals surface area contributed by atoms with Crippen LogP contribution >= 0.6 is 10.0 Å². The zero-order chi connectivity index (χ0) is 7.82. The summed E-state index contributed by atoms with van der Waals surface area (Å²) in [5, 5.41) is 0. The van der Waals surface area contributed by atoms with E-state index in [2.05, 4.69) is 31.2 Å². The van der Waals surface area contributed by atoms with Crippen LogP contribution in [0.3, 0.4) is 0 Å². The quantitative estimate of drug-likeness (QED) is 0.566. The van der Waals surface area contributed by atoms with Crippen molar-refractivity contribution in [1.29, 1.82) is 0 Å². The lowest BCUT2D eigenvalue weighted by Gasteiger charge is -1.89. The zero-order valence-corrected chi connectivity index (χ0v) is 9.23. The fraction of sp³-hybridized carbons (Fsp3) is 0.250. The average molecular weight is 171 g/mol. The second kappa shape index (κ2) is 7.15. The second-order valence-electron chi connectivity index (χ2n) is 1.84. The van der Waals surface area contributed by atoms with Gasteiger partial charge in [0.05, 0.1) is 0 Å². The fourth-order valence-corrected chi connectivity index (χ4v) is 0.714. The summed E-state index contributed by atoms with van der Waals surface area (Å²) in [5.74, 6) is 0. The molecule has 0 atom stereocenters. The molecular formula is C8H12AlCl. The molecule has 0 aliphatic heterocycles. The maximum Gasteiger partial charge on any atom is 0.353 e. The van der Waals surface area contributed by atoms with Crippen LogP contribution in [0.25, 0.3) is 0 Å². The number of benzene rings is 1. The Hall–Kier alpha value is 0.0425. The Kier molecular flexibility index (Phi) is 7.18. The number of hydrogen-bond donors (Lipinski definition) is 0. The Morgan fingerprint density at radius 3 is 2.00 bits per heavy atom. The molecule has 0 nitrogen and oxygen atoms in total. The Bertz CT molecular complexity index is 151. The molecule has 0 bridgehead atoms. The van der Waals surface area contributed by atoms with Crippen molar-refractivity contribution in [1.82, 2.24) is 0 Å². The molecule has 0 aromatic heterocycles. The van der Waals surface area contributed by atoms with Crippen molar-refractivity contribution >= 4 is 25.4 Å². The molecule has 0 unspecified atom stereocenters. The summed E-state index contributed by atoms with van der Waals surface area (Å²) in [6.07, 6.45) is 1.14. The second-order valence-corrected chi connectivity index (χ2v) is 1.84. The van der Waals surface area contributed by atoms with E-state index in [1.165, 1.54) is 5.56 Å². The van der Waals surface area contributed by atoms with E-state index in [-0.39, 0.29) is 0 Å². The van der Waals surface area contributed by atoms with Gasteiger partial charge in [-0.3, -0.25) is 10.0 Å². The van der Waals surface area contributed by atoms with E-state index >= 15 is 0 Å². The molecule has 0 saturated heterocycles. The molecular weight excluding hydrogens is 159 g/mol. The van der Waals surface area contributed by atoms with Crippen LogP contribution in [0.4, 0.5) is 0 Å². The van der Waals surface area contributed by atoms with Crippen LogP contribution in [0.5, 0.6) is 0 Å². The van der Waals surface area contributed by atoms with Crippen LogP contribution in [0.15, 0.2) is 30.3 Å². The van der Waals surface area contributed by atoms with Crippen LogP contribution < -0.4 is 0 Å². The molecule has 1 aromatic rings. The summed E-state index contributed by atoms with van der Waals surface area (Å²) in [6.45, 7) is 2.16. The summed E-state index contributed by atoms with van der Waals surface area (Å²) in [5.41, 5.74) is 1.41. The molecule has 0 radical (unpaired) electrons. The van der Waals surface area contributed by atoms with Crippen molar-refractivity contribution in [3.05, 3.63) is 35.9 Å². The highest BCUT2D eigenvalue weighted by Gasteiger charge is 1.79. The summed E-state index contributed by atoms with van der Waals surface area (Å²) in [4.78, 5) is 0. The van der Waals surface area contributed by atoms with Crippen LogP contribution in [0.2, 0.25) is 0 Å². The summed E-state index contributed by atoms with van der Waals surface area (Å²) < 4.78 is 0. The van der Waals surface area contributed by atoms with Crippen LogP contribution in [0.1, 0.15) is 12.5 Å². The highest BCUT2D eigenvalue weighted by Crippen LogP contribution is 1.96. The third-order valence-corrected chi connectivity index (χ3v) is 1.25. The minimum Gasteiger partial charge on any atom is -0.273 e. The van der Waals surface area contributed by atoms with Gasteiger partial charge in [0.15, 0.2) is 0 Å². The van der Waals surface area contributed by atoms with Gasteiger partial charge in [-0.15, -0.1) is 0 Å². The van der Waals surface area contributed by atoms with Gasteiger partial charge in [0.2, 0.25) is 0 Å². The van der Waals surface area contributed by atoms with Crippen LogP contribution in [-0.2, 0) is 6.42 Å². The van der Waals surface area contributed by atoms with Crippen molar-refractivity contribution in [3.63, 3.8) is 0 Å². The van der Waals surface area contributed by atoms with Gasteiger partial charge in [0.25, 0.3) is 0 Å². The van der Waals surface area contributed by atoms with E-state index in [0.717, 1.165) is 21.8 Å². The zero-order valence-electron chi connectivity index (χ0n) is 6.47. The first-order chi connectivity index (χ1) is 4.93. The van der Waals surface area contributed by atoms with E-state index in [4.69, 9.17) is 10.0 Å². The molecule has 0 spiro atoms. The first-order valence-corrected chi connectivity index (χ1v) is 6.37. The van der Waals surface area contributed by atoms with Gasteiger partial charge in [-0.1, -0.05) is 37.3 Å². The highest BCUT2D eigenvalue weighted by molar-refractivity contribution is 6.80. The third-order valence-electron chi connectivity index (χ3n) is 1.25. The molecule has 0 amide bonds. The van der Waals surface area contributed by atoms with E-state index in [1.807, 2.05) is 6.07 Å². The molecule has 0 fully saturated rings. The Balaban J connectivity index is 0.000000371. The standard InChI is InChI=1S/C8H10.Al.ClH.2H/c1-2-8-6-4-3-5-7-8;;;;/h3-7H,2H2,1H3;;1H;;/q;+1;;;/p-1. The monoisotopic (exact) mass is 170 g/mol. The topological polar surface area (TPSA) is 0 Å². The van der Waals surface area contributed by atoms with E-state index < -0.39 is 0 Å². The lowest BCUT2D eigenvalue weighted by Crippen LogP contribution is -1.73. The lowest BCUT2D eigenvalue weighted by atomic mass is 10.2. The number of hydrogen-bond acceptors (Lipinski definition) is 0. The molecule has 0 N–H and O–H groups in total. The molecule has 10 heavy (non-hydrogen) atoms. The number of rotatable bonds is 1. The first kappa shape index (κ1) is 10.0. The SMILES string of the molecule is CCc1ccccc1.[AlH2][Cl]. The fourth-order valence-electron chi connectivity index (χ4n) is 0.714. The molecule has 0 aliphatic carbocycles. The average Bonchev–Trinajstić information content (AvgIpc) is 2.10. The van der Waals surface area contributed by atoms with Gasteiger partial charge < -0.3 is 0 Å². The molecule has 0 aliphatic rings. The minimum atomic E-state index is 0.778. The molecule has 0 saturated carbocycles. The Morgan fingerprint density at radius 2 is 1.70 bits per heavy atom. The summed E-state index contributed by atoms with van der Waals surface area (Å²) in [6, 6.07) is 10.5. The first-order valence-electron chi connectivity index (χ1n) is 3.35. The summed E-state index contributed by atoms with van der Waals surface area (Å²) in [7, 11) is 4.78. The van der Waals surface area contributed by atoms with Gasteiger partial charge in [-0.05, 0) is 12.0 Å². The molecule has 2 heteroatoms. The molecule has 1 aromatic carbocycles. The van der Waals surface area contributed by atoms with Crippen LogP contribution in [0, 0.1) is 0 Å². The van der Waals surface area contributed by atoms with Crippen molar-refractivity contribution in [2.24, 2.45) is 0 Å². The predicted octanol–water partition coefficient (Wildman–Crippen LogP) is 2.02. The normalized spacial score (nSPS) is 7.80. The predicted molar refractivity (Wildman–Crippen MR) is 50.2 cm³/mol. The minimum absolute atomic E-state index is 0.778.